The number of nitrogens with zero attached hydrogens (tertiary/aromatic N) is 1. The fourth-order valence-electron chi connectivity index (χ4n) is 2.75. The number of rotatable bonds is 16. The van der Waals surface area contributed by atoms with E-state index in [2.05, 4.69) is 19.1 Å². The van der Waals surface area contributed by atoms with Gasteiger partial charge in [-0.1, -0.05) is 76.9 Å². The molecule has 2 nitrogen and oxygen atoms in total. The molecular weight excluding hydrogens is 282 g/mol. The summed E-state index contributed by atoms with van der Waals surface area (Å²) in [6.45, 7) is 2.27. The Hall–Kier alpha value is -0.790. The summed E-state index contributed by atoms with van der Waals surface area (Å²) in [5.41, 5.74) is 0. The van der Waals surface area contributed by atoms with Crippen molar-refractivity contribution in [1.29, 1.82) is 0 Å². The van der Waals surface area contributed by atoms with E-state index < -0.39 is 0 Å². The first-order valence-electron chi connectivity index (χ1n) is 10.0. The van der Waals surface area contributed by atoms with Crippen molar-refractivity contribution in [2.75, 3.05) is 14.1 Å². The van der Waals surface area contributed by atoms with Crippen molar-refractivity contribution in [2.45, 2.75) is 103 Å². The van der Waals surface area contributed by atoms with Gasteiger partial charge in [-0.3, -0.25) is 4.79 Å². The lowest BCUT2D eigenvalue weighted by molar-refractivity contribution is -0.128. The maximum Gasteiger partial charge on any atom is 0.222 e. The predicted molar refractivity (Wildman–Crippen MR) is 103 cm³/mol. The van der Waals surface area contributed by atoms with E-state index in [1.54, 1.807) is 4.90 Å². The van der Waals surface area contributed by atoms with Gasteiger partial charge in [-0.15, -0.1) is 0 Å². The molecule has 23 heavy (non-hydrogen) atoms. The standard InChI is InChI=1S/C21H41NO/c1-4-5-6-7-8-9-10-11-12-13-14-15-16-17-18-19-20-21(23)22(2)3/h11-12H,4-10,13-20H2,1-3H3. The van der Waals surface area contributed by atoms with Gasteiger partial charge in [0.2, 0.25) is 5.91 Å². The van der Waals surface area contributed by atoms with Crippen molar-refractivity contribution in [3.8, 4) is 0 Å². The minimum absolute atomic E-state index is 0.264. The highest BCUT2D eigenvalue weighted by Gasteiger charge is 2.02. The van der Waals surface area contributed by atoms with Crippen LogP contribution >= 0.6 is 0 Å². The van der Waals surface area contributed by atoms with Gasteiger partial charge >= 0.3 is 0 Å². The Morgan fingerprint density at radius 1 is 0.696 bits per heavy atom. The first-order chi connectivity index (χ1) is 11.2. The third-order valence-electron chi connectivity index (χ3n) is 4.40. The van der Waals surface area contributed by atoms with Crippen LogP contribution in [-0.4, -0.2) is 24.9 Å². The van der Waals surface area contributed by atoms with Crippen LogP contribution in [-0.2, 0) is 4.79 Å². The van der Waals surface area contributed by atoms with Crippen LogP contribution in [0.2, 0.25) is 0 Å². The molecular formula is C21H41NO. The van der Waals surface area contributed by atoms with Crippen molar-refractivity contribution in [3.05, 3.63) is 12.2 Å². The molecule has 0 saturated heterocycles. The largest absolute Gasteiger partial charge is 0.349 e. The van der Waals surface area contributed by atoms with Crippen LogP contribution in [0.5, 0.6) is 0 Å². The molecule has 0 aromatic heterocycles. The van der Waals surface area contributed by atoms with Gasteiger partial charge in [0.1, 0.15) is 0 Å². The van der Waals surface area contributed by atoms with Gasteiger partial charge in [0, 0.05) is 20.5 Å². The summed E-state index contributed by atoms with van der Waals surface area (Å²) < 4.78 is 0. The molecule has 0 saturated carbocycles. The van der Waals surface area contributed by atoms with Crippen LogP contribution in [0.15, 0.2) is 12.2 Å². The molecule has 0 aliphatic rings. The maximum absolute atomic E-state index is 11.4. The summed E-state index contributed by atoms with van der Waals surface area (Å²) in [6.07, 6.45) is 23.9. The fourth-order valence-corrected chi connectivity index (χ4v) is 2.75. The van der Waals surface area contributed by atoms with Crippen molar-refractivity contribution in [3.63, 3.8) is 0 Å². The van der Waals surface area contributed by atoms with E-state index in [9.17, 15) is 4.79 Å². The zero-order valence-corrected chi connectivity index (χ0v) is 16.1. The zero-order valence-electron chi connectivity index (χ0n) is 16.1. The second kappa shape index (κ2) is 17.6. The van der Waals surface area contributed by atoms with Gasteiger partial charge in [-0.25, -0.2) is 0 Å². The van der Waals surface area contributed by atoms with Crippen LogP contribution in [0.3, 0.4) is 0 Å². The highest BCUT2D eigenvalue weighted by molar-refractivity contribution is 5.75. The van der Waals surface area contributed by atoms with Crippen LogP contribution in [0, 0.1) is 0 Å². The molecule has 0 aliphatic heterocycles. The number of carbonyl (C=O) groups is 1. The molecule has 0 heterocycles. The first kappa shape index (κ1) is 22.2. The normalized spacial score (nSPS) is 11.3. The molecule has 136 valence electrons. The highest BCUT2D eigenvalue weighted by atomic mass is 16.2. The van der Waals surface area contributed by atoms with E-state index in [0.29, 0.717) is 6.42 Å². The second-order valence-electron chi connectivity index (χ2n) is 6.98. The lowest BCUT2D eigenvalue weighted by Gasteiger charge is -2.09. The number of allylic oxidation sites excluding steroid dienone is 2. The Kier molecular flexibility index (Phi) is 17.0. The minimum Gasteiger partial charge on any atom is -0.349 e. The van der Waals surface area contributed by atoms with E-state index in [4.69, 9.17) is 0 Å². The van der Waals surface area contributed by atoms with Gasteiger partial charge < -0.3 is 4.90 Å². The molecule has 0 aromatic rings. The van der Waals surface area contributed by atoms with Crippen molar-refractivity contribution < 1.29 is 4.79 Å². The molecule has 0 rings (SSSR count). The van der Waals surface area contributed by atoms with Crippen molar-refractivity contribution >= 4 is 5.91 Å². The molecule has 0 aliphatic carbocycles. The number of hydrogen-bond donors (Lipinski definition) is 0. The number of carbonyl (C=O) groups excluding carboxylic acids is 1. The van der Waals surface area contributed by atoms with Gasteiger partial charge in [0.05, 0.1) is 0 Å². The van der Waals surface area contributed by atoms with Gasteiger partial charge in [0.15, 0.2) is 0 Å². The monoisotopic (exact) mass is 323 g/mol. The maximum atomic E-state index is 11.4. The summed E-state index contributed by atoms with van der Waals surface area (Å²) in [6, 6.07) is 0. The van der Waals surface area contributed by atoms with Crippen LogP contribution < -0.4 is 0 Å². The molecule has 1 amide bonds. The smallest absolute Gasteiger partial charge is 0.222 e. The van der Waals surface area contributed by atoms with E-state index in [1.165, 1.54) is 83.5 Å². The second-order valence-corrected chi connectivity index (χ2v) is 6.98. The average molecular weight is 324 g/mol. The molecule has 2 heteroatoms. The van der Waals surface area contributed by atoms with Crippen LogP contribution in [0.1, 0.15) is 103 Å². The van der Waals surface area contributed by atoms with Crippen LogP contribution in [0.4, 0.5) is 0 Å². The SMILES string of the molecule is CCCCCCCCC=CCCCCCCCCC(=O)N(C)C. The Bertz CT molecular complexity index is 284. The Morgan fingerprint density at radius 3 is 1.61 bits per heavy atom. The Balaban J connectivity index is 3.15. The van der Waals surface area contributed by atoms with Crippen molar-refractivity contribution in [2.24, 2.45) is 0 Å². The third kappa shape index (κ3) is 17.4. The molecule has 0 atom stereocenters. The minimum atomic E-state index is 0.264. The van der Waals surface area contributed by atoms with E-state index >= 15 is 0 Å². The summed E-state index contributed by atoms with van der Waals surface area (Å²) in [4.78, 5) is 13.1. The summed E-state index contributed by atoms with van der Waals surface area (Å²) in [5.74, 6) is 0.264. The topological polar surface area (TPSA) is 20.3 Å². The molecule has 0 unspecified atom stereocenters. The molecule has 0 spiro atoms. The fraction of sp³-hybridized carbons (Fsp3) is 0.857. The lowest BCUT2D eigenvalue weighted by atomic mass is 10.1. The summed E-state index contributed by atoms with van der Waals surface area (Å²) in [7, 11) is 3.67. The van der Waals surface area contributed by atoms with E-state index in [-0.39, 0.29) is 5.91 Å². The number of hydrogen-bond acceptors (Lipinski definition) is 1. The molecule has 0 fully saturated rings. The summed E-state index contributed by atoms with van der Waals surface area (Å²) in [5, 5.41) is 0. The molecule has 0 radical (unpaired) electrons. The third-order valence-corrected chi connectivity index (χ3v) is 4.40. The number of amides is 1. The lowest BCUT2D eigenvalue weighted by Crippen LogP contribution is -2.20. The molecule has 0 aromatic carbocycles. The van der Waals surface area contributed by atoms with E-state index in [0.717, 1.165) is 6.42 Å². The van der Waals surface area contributed by atoms with Crippen LogP contribution in [0.25, 0.3) is 0 Å². The molecule has 0 bridgehead atoms. The summed E-state index contributed by atoms with van der Waals surface area (Å²) >= 11 is 0. The number of unbranched alkanes of at least 4 members (excludes halogenated alkanes) is 12. The quantitative estimate of drug-likeness (QED) is 0.234. The Labute approximate surface area is 145 Å². The van der Waals surface area contributed by atoms with Gasteiger partial charge in [0.25, 0.3) is 0 Å². The Morgan fingerprint density at radius 2 is 1.13 bits per heavy atom. The van der Waals surface area contributed by atoms with Crippen molar-refractivity contribution in [1.82, 2.24) is 4.90 Å². The predicted octanol–water partition coefficient (Wildman–Crippen LogP) is 6.50. The first-order valence-corrected chi connectivity index (χ1v) is 10.0. The molecule has 0 N–H and O–H groups in total. The van der Waals surface area contributed by atoms with E-state index in [1.807, 2.05) is 14.1 Å². The zero-order chi connectivity index (χ0) is 17.2. The van der Waals surface area contributed by atoms with Gasteiger partial charge in [-0.2, -0.15) is 0 Å². The average Bonchev–Trinajstić information content (AvgIpc) is 2.54. The highest BCUT2D eigenvalue weighted by Crippen LogP contribution is 2.10. The van der Waals surface area contributed by atoms with Gasteiger partial charge in [-0.05, 0) is 32.1 Å².